The van der Waals surface area contributed by atoms with Crippen molar-refractivity contribution < 1.29 is 14.3 Å². The molecule has 0 radical (unpaired) electrons. The summed E-state index contributed by atoms with van der Waals surface area (Å²) in [5.41, 5.74) is 2.49. The molecule has 4 heteroatoms. The van der Waals surface area contributed by atoms with Gasteiger partial charge in [0.25, 0.3) is 0 Å². The lowest BCUT2D eigenvalue weighted by Crippen LogP contribution is -2.07. The topological polar surface area (TPSA) is 43.4 Å². The second-order valence-corrected chi connectivity index (χ2v) is 4.56. The SMILES string of the molecule is COC(=O)Cc1ccc(C(=O)CCBr)c(C)c1. The Morgan fingerprint density at radius 3 is 2.59 bits per heavy atom. The smallest absolute Gasteiger partial charge is 0.309 e. The summed E-state index contributed by atoms with van der Waals surface area (Å²) in [4.78, 5) is 22.9. The standard InChI is InChI=1S/C13H15BrO3/c1-9-7-10(8-13(16)17-2)3-4-11(9)12(15)5-6-14/h3-4,7H,5-6,8H2,1-2H3. The van der Waals surface area contributed by atoms with Crippen LogP contribution in [0.5, 0.6) is 0 Å². The van der Waals surface area contributed by atoms with Crippen LogP contribution in [0.25, 0.3) is 0 Å². The fourth-order valence-corrected chi connectivity index (χ4v) is 1.97. The summed E-state index contributed by atoms with van der Waals surface area (Å²) in [5.74, 6) is -0.159. The van der Waals surface area contributed by atoms with E-state index in [0.29, 0.717) is 11.8 Å². The molecule has 0 saturated heterocycles. The van der Waals surface area contributed by atoms with E-state index >= 15 is 0 Å². The van der Waals surface area contributed by atoms with Crippen molar-refractivity contribution >= 4 is 27.7 Å². The minimum absolute atomic E-state index is 0.115. The third-order valence-electron chi connectivity index (χ3n) is 2.49. The zero-order valence-corrected chi connectivity index (χ0v) is 11.5. The van der Waals surface area contributed by atoms with Crippen molar-refractivity contribution in [3.8, 4) is 0 Å². The minimum Gasteiger partial charge on any atom is -0.469 e. The average Bonchev–Trinajstić information content (AvgIpc) is 2.29. The number of hydrogen-bond acceptors (Lipinski definition) is 3. The summed E-state index contributed by atoms with van der Waals surface area (Å²) in [6.45, 7) is 1.88. The molecular formula is C13H15BrO3. The number of Topliss-reactive ketones (excluding diaryl/α,β-unsaturated/α-hetero) is 1. The molecule has 0 unspecified atom stereocenters. The molecule has 0 aliphatic heterocycles. The van der Waals surface area contributed by atoms with Crippen LogP contribution in [0.2, 0.25) is 0 Å². The quantitative estimate of drug-likeness (QED) is 0.477. The molecule has 0 aromatic heterocycles. The maximum atomic E-state index is 11.7. The van der Waals surface area contributed by atoms with E-state index in [1.165, 1.54) is 7.11 Å². The monoisotopic (exact) mass is 298 g/mol. The van der Waals surface area contributed by atoms with Gasteiger partial charge in [0.05, 0.1) is 13.5 Å². The number of esters is 1. The fourth-order valence-electron chi connectivity index (χ4n) is 1.61. The summed E-state index contributed by atoms with van der Waals surface area (Å²) in [5, 5.41) is 0.662. The number of carbonyl (C=O) groups excluding carboxylic acids is 2. The summed E-state index contributed by atoms with van der Waals surface area (Å²) >= 11 is 3.25. The molecule has 17 heavy (non-hydrogen) atoms. The van der Waals surface area contributed by atoms with Crippen LogP contribution >= 0.6 is 15.9 Å². The van der Waals surface area contributed by atoms with Crippen molar-refractivity contribution in [1.29, 1.82) is 0 Å². The van der Waals surface area contributed by atoms with E-state index < -0.39 is 0 Å². The molecule has 0 heterocycles. The van der Waals surface area contributed by atoms with Crippen molar-refractivity contribution in [2.24, 2.45) is 0 Å². The van der Waals surface area contributed by atoms with Crippen LogP contribution in [0.15, 0.2) is 18.2 Å². The molecule has 0 atom stereocenters. The zero-order valence-electron chi connectivity index (χ0n) is 9.96. The Bertz CT molecular complexity index is 427. The third-order valence-corrected chi connectivity index (χ3v) is 2.89. The minimum atomic E-state index is -0.274. The molecule has 0 saturated carbocycles. The summed E-state index contributed by atoms with van der Waals surface area (Å²) in [7, 11) is 1.36. The lowest BCUT2D eigenvalue weighted by Gasteiger charge is -2.06. The van der Waals surface area contributed by atoms with Crippen LogP contribution in [0.3, 0.4) is 0 Å². The maximum absolute atomic E-state index is 11.7. The number of aryl methyl sites for hydroxylation is 1. The predicted molar refractivity (Wildman–Crippen MR) is 69.6 cm³/mol. The Labute approximate surface area is 109 Å². The molecule has 1 aromatic rings. The predicted octanol–water partition coefficient (Wildman–Crippen LogP) is 2.68. The van der Waals surface area contributed by atoms with Gasteiger partial charge in [-0.25, -0.2) is 0 Å². The van der Waals surface area contributed by atoms with E-state index in [0.717, 1.165) is 16.7 Å². The second-order valence-electron chi connectivity index (χ2n) is 3.76. The Hall–Kier alpha value is -1.16. The number of methoxy groups -OCH3 is 1. The Morgan fingerprint density at radius 1 is 1.35 bits per heavy atom. The van der Waals surface area contributed by atoms with Crippen LogP contribution in [0.4, 0.5) is 0 Å². The highest BCUT2D eigenvalue weighted by molar-refractivity contribution is 9.09. The number of rotatable bonds is 5. The van der Waals surface area contributed by atoms with Crippen LogP contribution in [-0.2, 0) is 16.0 Å². The van der Waals surface area contributed by atoms with Gasteiger partial charge in [-0.05, 0) is 18.1 Å². The lowest BCUT2D eigenvalue weighted by molar-refractivity contribution is -0.139. The van der Waals surface area contributed by atoms with Gasteiger partial charge in [0.1, 0.15) is 0 Å². The van der Waals surface area contributed by atoms with Crippen molar-refractivity contribution in [2.75, 3.05) is 12.4 Å². The number of ketones is 1. The van der Waals surface area contributed by atoms with Crippen molar-refractivity contribution in [3.63, 3.8) is 0 Å². The molecule has 0 fully saturated rings. The molecule has 0 N–H and O–H groups in total. The van der Waals surface area contributed by atoms with Gasteiger partial charge in [0.2, 0.25) is 0 Å². The first-order valence-electron chi connectivity index (χ1n) is 5.34. The third kappa shape index (κ3) is 3.97. The molecular weight excluding hydrogens is 284 g/mol. The second kappa shape index (κ2) is 6.55. The molecule has 1 rings (SSSR count). The molecule has 92 valence electrons. The Kier molecular flexibility index (Phi) is 5.35. The van der Waals surface area contributed by atoms with E-state index in [-0.39, 0.29) is 18.2 Å². The lowest BCUT2D eigenvalue weighted by atomic mass is 9.99. The number of halogens is 1. The molecule has 3 nitrogen and oxygen atoms in total. The highest BCUT2D eigenvalue weighted by atomic mass is 79.9. The summed E-state index contributed by atoms with van der Waals surface area (Å²) in [6, 6.07) is 5.43. The van der Waals surface area contributed by atoms with Crippen molar-refractivity contribution in [1.82, 2.24) is 0 Å². The van der Waals surface area contributed by atoms with Crippen LogP contribution in [0.1, 0.15) is 27.9 Å². The first-order valence-corrected chi connectivity index (χ1v) is 6.46. The Morgan fingerprint density at radius 2 is 2.06 bits per heavy atom. The number of hydrogen-bond donors (Lipinski definition) is 0. The van der Waals surface area contributed by atoms with E-state index in [4.69, 9.17) is 0 Å². The van der Waals surface area contributed by atoms with Crippen LogP contribution in [-0.4, -0.2) is 24.2 Å². The van der Waals surface area contributed by atoms with Gasteiger partial charge in [-0.2, -0.15) is 0 Å². The van der Waals surface area contributed by atoms with Gasteiger partial charge >= 0.3 is 5.97 Å². The molecule has 0 bridgehead atoms. The zero-order chi connectivity index (χ0) is 12.8. The average molecular weight is 299 g/mol. The molecule has 0 aliphatic carbocycles. The summed E-state index contributed by atoms with van der Waals surface area (Å²) < 4.78 is 4.60. The molecule has 0 spiro atoms. The van der Waals surface area contributed by atoms with Gasteiger partial charge in [-0.1, -0.05) is 34.1 Å². The van der Waals surface area contributed by atoms with Gasteiger partial charge in [-0.15, -0.1) is 0 Å². The van der Waals surface area contributed by atoms with Gasteiger partial charge in [0.15, 0.2) is 5.78 Å². The van der Waals surface area contributed by atoms with Crippen LogP contribution < -0.4 is 0 Å². The molecule has 1 aromatic carbocycles. The normalized spacial score (nSPS) is 10.1. The van der Waals surface area contributed by atoms with Crippen molar-refractivity contribution in [2.45, 2.75) is 19.8 Å². The Balaban J connectivity index is 2.86. The maximum Gasteiger partial charge on any atom is 0.309 e. The first kappa shape index (κ1) is 13.9. The fraction of sp³-hybridized carbons (Fsp3) is 0.385. The molecule has 0 aliphatic rings. The first-order chi connectivity index (χ1) is 8.08. The summed E-state index contributed by atoms with van der Waals surface area (Å²) in [6.07, 6.45) is 0.724. The van der Waals surface area contributed by atoms with E-state index in [1.807, 2.05) is 13.0 Å². The van der Waals surface area contributed by atoms with E-state index in [9.17, 15) is 9.59 Å². The number of benzene rings is 1. The van der Waals surface area contributed by atoms with E-state index in [2.05, 4.69) is 20.7 Å². The number of carbonyl (C=O) groups is 2. The van der Waals surface area contributed by atoms with Gasteiger partial charge in [-0.3, -0.25) is 9.59 Å². The highest BCUT2D eigenvalue weighted by Crippen LogP contribution is 2.14. The van der Waals surface area contributed by atoms with E-state index in [1.54, 1.807) is 12.1 Å². The van der Waals surface area contributed by atoms with Crippen molar-refractivity contribution in [3.05, 3.63) is 34.9 Å². The number of alkyl halides is 1. The van der Waals surface area contributed by atoms with Crippen LogP contribution in [0, 0.1) is 6.92 Å². The van der Waals surface area contributed by atoms with Gasteiger partial charge in [0, 0.05) is 17.3 Å². The molecule has 0 amide bonds. The highest BCUT2D eigenvalue weighted by Gasteiger charge is 2.10. The van der Waals surface area contributed by atoms with Gasteiger partial charge < -0.3 is 4.74 Å². The number of ether oxygens (including phenoxy) is 1. The largest absolute Gasteiger partial charge is 0.469 e.